The quantitative estimate of drug-likeness (QED) is 0.262. The summed E-state index contributed by atoms with van der Waals surface area (Å²) in [4.78, 5) is 21.6. The number of hydrogen-bond donors (Lipinski definition) is 4. The summed E-state index contributed by atoms with van der Waals surface area (Å²) in [6.45, 7) is 0. The standard InChI is InChI=1S/Mg.H3N.H3O4P.O/c;;1-5(2,3)4;/h;1H3;(H3,1,2,3,4);/q+2;;;-2/p+1. The van der Waals surface area contributed by atoms with Gasteiger partial charge in [0.05, 0.1) is 0 Å². The second kappa shape index (κ2) is 7.80. The van der Waals surface area contributed by atoms with Gasteiger partial charge in [0.25, 0.3) is 0 Å². The second-order valence-corrected chi connectivity index (χ2v) is 1.54. The Morgan fingerprint density at radius 1 is 1.12 bits per heavy atom. The maximum atomic E-state index is 8.88. The van der Waals surface area contributed by atoms with E-state index in [9.17, 15) is 0 Å². The first-order valence-corrected chi connectivity index (χ1v) is 2.35. The molecule has 0 bridgehead atoms. The van der Waals surface area contributed by atoms with E-state index in [1.807, 2.05) is 0 Å². The van der Waals surface area contributed by atoms with Crippen molar-refractivity contribution >= 4 is 30.9 Å². The van der Waals surface area contributed by atoms with Gasteiger partial charge >= 0.3 is 30.9 Å². The summed E-state index contributed by atoms with van der Waals surface area (Å²) in [7, 11) is -4.64. The Bertz CT molecular complexity index is 58.6. The van der Waals surface area contributed by atoms with Gasteiger partial charge in [0.1, 0.15) is 0 Å². The monoisotopic (exact) mass is 156 g/mol. The number of phosphoric acid groups is 1. The summed E-state index contributed by atoms with van der Waals surface area (Å²) in [5.41, 5.74) is 0. The van der Waals surface area contributed by atoms with E-state index in [0.717, 1.165) is 0 Å². The van der Waals surface area contributed by atoms with Crippen LogP contribution in [0.1, 0.15) is 0 Å². The minimum absolute atomic E-state index is 0. The molecule has 8 heteroatoms. The minimum Gasteiger partial charge on any atom is -2.00 e. The Balaban J connectivity index is -0.0000000267. The topological polar surface area (TPSA) is 143 Å². The fraction of sp³-hybridized carbons (Fsp3) is 0. The smallest absolute Gasteiger partial charge is 2.00 e. The third-order valence-electron chi connectivity index (χ3n) is 0. The Hall–Kier alpha value is 0.796. The molecule has 0 aliphatic heterocycles. The van der Waals surface area contributed by atoms with Crippen LogP contribution in [0.4, 0.5) is 0 Å². The molecule has 7 N–H and O–H groups in total. The molecule has 0 amide bonds. The Morgan fingerprint density at radius 3 is 1.12 bits per heavy atom. The number of quaternary nitrogens is 1. The molecule has 0 aliphatic rings. The molecule has 8 heavy (non-hydrogen) atoms. The largest absolute Gasteiger partial charge is 2.00 e. The molecule has 0 spiro atoms. The molecular weight excluding hydrogens is 149 g/mol. The van der Waals surface area contributed by atoms with E-state index in [1.165, 1.54) is 0 Å². The summed E-state index contributed by atoms with van der Waals surface area (Å²) in [6, 6.07) is 0. The van der Waals surface area contributed by atoms with Crippen LogP contribution in [-0.4, -0.2) is 37.7 Å². The zero-order chi connectivity index (χ0) is 4.50. The molecule has 0 atom stereocenters. The van der Waals surface area contributed by atoms with Crippen molar-refractivity contribution in [2.24, 2.45) is 0 Å². The summed E-state index contributed by atoms with van der Waals surface area (Å²) in [6.07, 6.45) is 0. The van der Waals surface area contributed by atoms with E-state index in [4.69, 9.17) is 19.2 Å². The predicted octanol–water partition coefficient (Wildman–Crippen LogP) is -1.05. The van der Waals surface area contributed by atoms with Crippen molar-refractivity contribution in [2.45, 2.75) is 0 Å². The van der Waals surface area contributed by atoms with E-state index in [1.54, 1.807) is 0 Å². The average molecular weight is 156 g/mol. The van der Waals surface area contributed by atoms with Crippen LogP contribution in [0.2, 0.25) is 0 Å². The zero-order valence-electron chi connectivity index (χ0n) is 4.31. The minimum atomic E-state index is -4.64. The van der Waals surface area contributed by atoms with Crippen molar-refractivity contribution < 1.29 is 24.7 Å². The van der Waals surface area contributed by atoms with Crippen molar-refractivity contribution in [1.82, 2.24) is 6.15 Å². The molecule has 0 saturated heterocycles. The van der Waals surface area contributed by atoms with Crippen LogP contribution in [0, 0.1) is 0 Å². The van der Waals surface area contributed by atoms with Gasteiger partial charge in [-0.15, -0.1) is 0 Å². The second-order valence-electron chi connectivity index (χ2n) is 0.513. The molecule has 0 radical (unpaired) electrons. The predicted molar refractivity (Wildman–Crippen MR) is 26.7 cm³/mol. The zero-order valence-corrected chi connectivity index (χ0v) is 6.62. The van der Waals surface area contributed by atoms with E-state index in [2.05, 4.69) is 0 Å². The molecule has 6 nitrogen and oxygen atoms in total. The molecular formula is H7MgNO5P+. The summed E-state index contributed by atoms with van der Waals surface area (Å²) in [5.74, 6) is 0. The maximum Gasteiger partial charge on any atom is 2.00 e. The van der Waals surface area contributed by atoms with Gasteiger partial charge in [-0.3, -0.25) is 0 Å². The van der Waals surface area contributed by atoms with Crippen molar-refractivity contribution in [2.75, 3.05) is 0 Å². The van der Waals surface area contributed by atoms with Gasteiger partial charge in [0, 0.05) is 0 Å². The fourth-order valence-electron chi connectivity index (χ4n) is 0. The average Bonchev–Trinajstić information content (AvgIpc) is 0.722. The Labute approximate surface area is 62.2 Å². The van der Waals surface area contributed by atoms with Gasteiger partial charge in [-0.25, -0.2) is 4.57 Å². The third kappa shape index (κ3) is 360. The SMILES string of the molecule is O=P(O)(O)O.[Mg+2].[NH4+].[O-2]. The molecule has 0 rings (SSSR count). The Morgan fingerprint density at radius 2 is 1.12 bits per heavy atom. The van der Waals surface area contributed by atoms with Gasteiger partial charge in [-0.1, -0.05) is 0 Å². The normalized spacial score (nSPS) is 7.38. The van der Waals surface area contributed by atoms with E-state index >= 15 is 0 Å². The van der Waals surface area contributed by atoms with E-state index in [0.29, 0.717) is 0 Å². The Kier molecular flexibility index (Phi) is 22.6. The fourth-order valence-corrected chi connectivity index (χ4v) is 0. The van der Waals surface area contributed by atoms with Crippen molar-refractivity contribution in [3.05, 3.63) is 0 Å². The van der Waals surface area contributed by atoms with Crippen LogP contribution in [0.25, 0.3) is 0 Å². The van der Waals surface area contributed by atoms with Crippen molar-refractivity contribution in [3.8, 4) is 0 Å². The maximum absolute atomic E-state index is 8.88. The molecule has 0 aromatic carbocycles. The molecule has 48 valence electrons. The van der Waals surface area contributed by atoms with Crippen LogP contribution in [0.15, 0.2) is 0 Å². The molecule has 0 heterocycles. The summed E-state index contributed by atoms with van der Waals surface area (Å²) >= 11 is 0. The van der Waals surface area contributed by atoms with E-state index in [-0.39, 0.29) is 34.7 Å². The van der Waals surface area contributed by atoms with Gasteiger partial charge in [0.2, 0.25) is 0 Å². The third-order valence-corrected chi connectivity index (χ3v) is 0. The first-order chi connectivity index (χ1) is 2.00. The van der Waals surface area contributed by atoms with Crippen molar-refractivity contribution in [1.29, 1.82) is 0 Å². The van der Waals surface area contributed by atoms with Crippen LogP contribution in [0.5, 0.6) is 0 Å². The molecule has 0 unspecified atom stereocenters. The molecule has 0 fully saturated rings. The van der Waals surface area contributed by atoms with Crippen LogP contribution in [-0.2, 0) is 10.0 Å². The number of hydrogen-bond acceptors (Lipinski definition) is 1. The molecule has 0 aliphatic carbocycles. The van der Waals surface area contributed by atoms with Crippen LogP contribution >= 0.6 is 7.82 Å². The first-order valence-electron chi connectivity index (χ1n) is 0.783. The first kappa shape index (κ1) is 23.2. The number of rotatable bonds is 0. The van der Waals surface area contributed by atoms with Gasteiger partial charge in [-0.2, -0.15) is 0 Å². The van der Waals surface area contributed by atoms with Gasteiger partial charge < -0.3 is 26.3 Å². The molecule has 0 aromatic rings. The van der Waals surface area contributed by atoms with Crippen molar-refractivity contribution in [3.63, 3.8) is 0 Å². The summed E-state index contributed by atoms with van der Waals surface area (Å²) < 4.78 is 8.88. The molecule has 0 saturated carbocycles. The van der Waals surface area contributed by atoms with Gasteiger partial charge in [-0.05, 0) is 0 Å². The van der Waals surface area contributed by atoms with Gasteiger partial charge in [0.15, 0.2) is 0 Å². The summed E-state index contributed by atoms with van der Waals surface area (Å²) in [5, 5.41) is 0. The van der Waals surface area contributed by atoms with Crippen LogP contribution < -0.4 is 6.15 Å². The molecule has 0 aromatic heterocycles. The van der Waals surface area contributed by atoms with E-state index < -0.39 is 7.82 Å². The van der Waals surface area contributed by atoms with Crippen LogP contribution in [0.3, 0.4) is 0 Å².